The Hall–Kier alpha value is -0.960. The minimum atomic E-state index is 0.531. The van der Waals surface area contributed by atoms with Crippen LogP contribution in [0.2, 0.25) is 0 Å². The van der Waals surface area contributed by atoms with Crippen LogP contribution >= 0.6 is 0 Å². The summed E-state index contributed by atoms with van der Waals surface area (Å²) in [4.78, 5) is 8.35. The van der Waals surface area contributed by atoms with Gasteiger partial charge in [-0.2, -0.15) is 0 Å². The van der Waals surface area contributed by atoms with Gasteiger partial charge >= 0.3 is 0 Å². The smallest absolute Gasteiger partial charge is 0.141 e. The van der Waals surface area contributed by atoms with Gasteiger partial charge in [0.1, 0.15) is 5.82 Å². The third-order valence-electron chi connectivity index (χ3n) is 2.68. The molecule has 0 aliphatic heterocycles. The first-order valence-corrected chi connectivity index (χ1v) is 5.71. The van der Waals surface area contributed by atoms with Crippen LogP contribution in [0.15, 0.2) is 18.5 Å². The molecule has 1 aromatic heterocycles. The van der Waals surface area contributed by atoms with Gasteiger partial charge in [-0.15, -0.1) is 0 Å². The van der Waals surface area contributed by atoms with E-state index in [4.69, 9.17) is 0 Å². The van der Waals surface area contributed by atoms with E-state index < -0.39 is 0 Å². The standard InChI is InChI=1S/C12H21N3/c1-4-10(2)8-11(3)15-9-12-13-6-5-7-14-12/h5-7,10-11,15H,4,8-9H2,1-3H3. The summed E-state index contributed by atoms with van der Waals surface area (Å²) < 4.78 is 0. The Morgan fingerprint density at radius 3 is 2.53 bits per heavy atom. The molecule has 0 saturated carbocycles. The van der Waals surface area contributed by atoms with Crippen LogP contribution in [0, 0.1) is 5.92 Å². The molecule has 2 atom stereocenters. The van der Waals surface area contributed by atoms with E-state index in [9.17, 15) is 0 Å². The Kier molecular flexibility index (Phi) is 5.26. The minimum Gasteiger partial charge on any atom is -0.307 e. The summed E-state index contributed by atoms with van der Waals surface area (Å²) in [5, 5.41) is 3.44. The number of rotatable bonds is 6. The molecule has 0 aliphatic carbocycles. The summed E-state index contributed by atoms with van der Waals surface area (Å²) >= 11 is 0. The van der Waals surface area contributed by atoms with Crippen LogP contribution in [-0.2, 0) is 6.54 Å². The van der Waals surface area contributed by atoms with Gasteiger partial charge in [0.05, 0.1) is 6.54 Å². The van der Waals surface area contributed by atoms with Gasteiger partial charge in [-0.1, -0.05) is 20.3 Å². The predicted molar refractivity (Wildman–Crippen MR) is 62.4 cm³/mol. The highest BCUT2D eigenvalue weighted by molar-refractivity contribution is 4.88. The van der Waals surface area contributed by atoms with Gasteiger partial charge in [-0.3, -0.25) is 0 Å². The number of hydrogen-bond acceptors (Lipinski definition) is 3. The molecule has 3 nitrogen and oxygen atoms in total. The van der Waals surface area contributed by atoms with Gasteiger partial charge in [0.2, 0.25) is 0 Å². The van der Waals surface area contributed by atoms with Crippen LogP contribution in [0.5, 0.6) is 0 Å². The molecule has 0 saturated heterocycles. The van der Waals surface area contributed by atoms with Gasteiger partial charge in [0, 0.05) is 18.4 Å². The first-order valence-electron chi connectivity index (χ1n) is 5.71. The third kappa shape index (κ3) is 4.88. The Morgan fingerprint density at radius 1 is 1.27 bits per heavy atom. The molecule has 1 N–H and O–H groups in total. The van der Waals surface area contributed by atoms with E-state index in [0.29, 0.717) is 6.04 Å². The molecule has 15 heavy (non-hydrogen) atoms. The number of aromatic nitrogens is 2. The summed E-state index contributed by atoms with van der Waals surface area (Å²) in [6.45, 7) is 7.50. The summed E-state index contributed by atoms with van der Waals surface area (Å²) in [6.07, 6.45) is 6.02. The number of nitrogens with one attached hydrogen (secondary N) is 1. The summed E-state index contributed by atoms with van der Waals surface area (Å²) in [7, 11) is 0. The molecule has 1 aromatic rings. The van der Waals surface area contributed by atoms with E-state index in [0.717, 1.165) is 18.3 Å². The third-order valence-corrected chi connectivity index (χ3v) is 2.68. The van der Waals surface area contributed by atoms with Gasteiger partial charge in [0.15, 0.2) is 0 Å². The molecule has 0 radical (unpaired) electrons. The molecule has 0 fully saturated rings. The lowest BCUT2D eigenvalue weighted by molar-refractivity contribution is 0.408. The quantitative estimate of drug-likeness (QED) is 0.778. The van der Waals surface area contributed by atoms with E-state index in [-0.39, 0.29) is 0 Å². The zero-order valence-electron chi connectivity index (χ0n) is 9.90. The lowest BCUT2D eigenvalue weighted by atomic mass is 10.0. The lowest BCUT2D eigenvalue weighted by Crippen LogP contribution is -2.28. The maximum atomic E-state index is 4.18. The summed E-state index contributed by atoms with van der Waals surface area (Å²) in [5.74, 6) is 1.65. The highest BCUT2D eigenvalue weighted by atomic mass is 15.0. The molecule has 0 spiro atoms. The zero-order chi connectivity index (χ0) is 11.1. The van der Waals surface area contributed by atoms with Gasteiger partial charge in [-0.05, 0) is 25.3 Å². The summed E-state index contributed by atoms with van der Waals surface area (Å²) in [5.41, 5.74) is 0. The van der Waals surface area contributed by atoms with Crippen LogP contribution in [0.25, 0.3) is 0 Å². The molecule has 2 unspecified atom stereocenters. The second-order valence-electron chi connectivity index (χ2n) is 4.20. The average Bonchev–Trinajstić information content (AvgIpc) is 2.27. The fourth-order valence-corrected chi connectivity index (χ4v) is 1.54. The first-order chi connectivity index (χ1) is 7.22. The minimum absolute atomic E-state index is 0.531. The number of hydrogen-bond donors (Lipinski definition) is 1. The molecule has 0 aliphatic rings. The van der Waals surface area contributed by atoms with E-state index in [1.165, 1.54) is 12.8 Å². The van der Waals surface area contributed by atoms with E-state index in [2.05, 4.69) is 36.1 Å². The van der Waals surface area contributed by atoms with Crippen LogP contribution in [-0.4, -0.2) is 16.0 Å². The Balaban J connectivity index is 2.25. The molecular formula is C12H21N3. The van der Waals surface area contributed by atoms with Crippen molar-refractivity contribution in [2.45, 2.75) is 46.2 Å². The predicted octanol–water partition coefficient (Wildman–Crippen LogP) is 2.39. The van der Waals surface area contributed by atoms with Crippen molar-refractivity contribution in [2.24, 2.45) is 5.92 Å². The highest BCUT2D eigenvalue weighted by Crippen LogP contribution is 2.09. The van der Waals surface area contributed by atoms with Crippen molar-refractivity contribution in [1.82, 2.24) is 15.3 Å². The van der Waals surface area contributed by atoms with Gasteiger partial charge in [-0.25, -0.2) is 9.97 Å². The van der Waals surface area contributed by atoms with Crippen molar-refractivity contribution in [3.05, 3.63) is 24.3 Å². The fraction of sp³-hybridized carbons (Fsp3) is 0.667. The van der Waals surface area contributed by atoms with E-state index in [1.807, 2.05) is 6.07 Å². The van der Waals surface area contributed by atoms with Crippen molar-refractivity contribution >= 4 is 0 Å². The fourth-order valence-electron chi connectivity index (χ4n) is 1.54. The Labute approximate surface area is 92.3 Å². The van der Waals surface area contributed by atoms with Crippen LogP contribution in [0.1, 0.15) is 39.4 Å². The largest absolute Gasteiger partial charge is 0.307 e. The zero-order valence-corrected chi connectivity index (χ0v) is 9.90. The second-order valence-corrected chi connectivity index (χ2v) is 4.20. The van der Waals surface area contributed by atoms with Crippen molar-refractivity contribution in [3.8, 4) is 0 Å². The average molecular weight is 207 g/mol. The number of nitrogens with zero attached hydrogens (tertiary/aromatic N) is 2. The van der Waals surface area contributed by atoms with Gasteiger partial charge in [0.25, 0.3) is 0 Å². The molecule has 1 heterocycles. The van der Waals surface area contributed by atoms with Crippen LogP contribution < -0.4 is 5.32 Å². The van der Waals surface area contributed by atoms with Crippen LogP contribution in [0.4, 0.5) is 0 Å². The Morgan fingerprint density at radius 2 is 1.93 bits per heavy atom. The maximum absolute atomic E-state index is 4.18. The van der Waals surface area contributed by atoms with Crippen molar-refractivity contribution in [3.63, 3.8) is 0 Å². The van der Waals surface area contributed by atoms with E-state index in [1.54, 1.807) is 12.4 Å². The molecule has 0 aromatic carbocycles. The van der Waals surface area contributed by atoms with Crippen molar-refractivity contribution in [1.29, 1.82) is 0 Å². The molecule has 84 valence electrons. The molecule has 1 rings (SSSR count). The van der Waals surface area contributed by atoms with Gasteiger partial charge < -0.3 is 5.32 Å². The Bertz CT molecular complexity index is 261. The van der Waals surface area contributed by atoms with Crippen molar-refractivity contribution in [2.75, 3.05) is 0 Å². The molecule has 3 heteroatoms. The normalized spacial score (nSPS) is 14.9. The molecule has 0 amide bonds. The first kappa shape index (κ1) is 12.1. The van der Waals surface area contributed by atoms with E-state index >= 15 is 0 Å². The SMILES string of the molecule is CCC(C)CC(C)NCc1ncccn1. The maximum Gasteiger partial charge on any atom is 0.141 e. The van der Waals surface area contributed by atoms with Crippen molar-refractivity contribution < 1.29 is 0 Å². The monoisotopic (exact) mass is 207 g/mol. The molecular weight excluding hydrogens is 186 g/mol. The summed E-state index contributed by atoms with van der Waals surface area (Å²) in [6, 6.07) is 2.37. The molecule has 0 bridgehead atoms. The highest BCUT2D eigenvalue weighted by Gasteiger charge is 2.06. The lowest BCUT2D eigenvalue weighted by Gasteiger charge is -2.16. The van der Waals surface area contributed by atoms with Crippen LogP contribution in [0.3, 0.4) is 0 Å². The second kappa shape index (κ2) is 6.51. The topological polar surface area (TPSA) is 37.8 Å².